The number of nitriles is 2. The monoisotopic (exact) mass is 247 g/mol. The predicted molar refractivity (Wildman–Crippen MR) is 76.6 cm³/mol. The minimum Gasteiger partial charge on any atom is -0.353 e. The standard InChI is InChI=1S/C14H7N3.C2H6/c15-7-9-5-10(8-16)14-12(6-9)11-3-1-2-4-13(11)17-14;1-2/h1-6,17H;1-2H3. The van der Waals surface area contributed by atoms with Crippen LogP contribution in [-0.2, 0) is 0 Å². The maximum Gasteiger partial charge on any atom is 0.101 e. The van der Waals surface area contributed by atoms with Crippen molar-refractivity contribution in [1.82, 2.24) is 4.98 Å². The van der Waals surface area contributed by atoms with E-state index in [1.54, 1.807) is 6.07 Å². The van der Waals surface area contributed by atoms with Crippen LogP contribution >= 0.6 is 0 Å². The second kappa shape index (κ2) is 5.25. The molecular formula is C16H13N3. The Morgan fingerprint density at radius 2 is 1.68 bits per heavy atom. The molecule has 1 aromatic heterocycles. The van der Waals surface area contributed by atoms with Gasteiger partial charge in [-0.25, -0.2) is 0 Å². The number of hydrogen-bond donors (Lipinski definition) is 1. The fraction of sp³-hybridized carbons (Fsp3) is 0.125. The lowest BCUT2D eigenvalue weighted by Gasteiger charge is -1.95. The van der Waals surface area contributed by atoms with Crippen molar-refractivity contribution in [3.8, 4) is 12.1 Å². The third-order valence-corrected chi connectivity index (χ3v) is 2.86. The first-order chi connectivity index (χ1) is 9.33. The van der Waals surface area contributed by atoms with E-state index in [-0.39, 0.29) is 0 Å². The van der Waals surface area contributed by atoms with Crippen molar-refractivity contribution in [2.24, 2.45) is 0 Å². The van der Waals surface area contributed by atoms with Crippen LogP contribution in [0.4, 0.5) is 0 Å². The molecule has 92 valence electrons. The number of aromatic nitrogens is 1. The van der Waals surface area contributed by atoms with Crippen LogP contribution in [0, 0.1) is 22.7 Å². The molecule has 19 heavy (non-hydrogen) atoms. The highest BCUT2D eigenvalue weighted by molar-refractivity contribution is 6.09. The van der Waals surface area contributed by atoms with E-state index < -0.39 is 0 Å². The van der Waals surface area contributed by atoms with E-state index in [1.165, 1.54) is 0 Å². The van der Waals surface area contributed by atoms with E-state index >= 15 is 0 Å². The lowest BCUT2D eigenvalue weighted by Crippen LogP contribution is -1.81. The number of aromatic amines is 1. The van der Waals surface area contributed by atoms with Crippen molar-refractivity contribution in [2.75, 3.05) is 0 Å². The van der Waals surface area contributed by atoms with Gasteiger partial charge in [-0.05, 0) is 18.2 Å². The van der Waals surface area contributed by atoms with Crippen molar-refractivity contribution < 1.29 is 0 Å². The van der Waals surface area contributed by atoms with Gasteiger partial charge in [0.15, 0.2) is 0 Å². The van der Waals surface area contributed by atoms with Crippen LogP contribution in [0.1, 0.15) is 25.0 Å². The quantitative estimate of drug-likeness (QED) is 0.650. The van der Waals surface area contributed by atoms with Crippen LogP contribution in [0.25, 0.3) is 21.8 Å². The minimum atomic E-state index is 0.509. The molecule has 0 radical (unpaired) electrons. The third-order valence-electron chi connectivity index (χ3n) is 2.86. The van der Waals surface area contributed by atoms with Gasteiger partial charge in [0.1, 0.15) is 6.07 Å². The Hall–Kier alpha value is -2.78. The van der Waals surface area contributed by atoms with Gasteiger partial charge in [0, 0.05) is 16.3 Å². The predicted octanol–water partition coefficient (Wildman–Crippen LogP) is 4.09. The van der Waals surface area contributed by atoms with Crippen molar-refractivity contribution in [1.29, 1.82) is 10.5 Å². The van der Waals surface area contributed by atoms with Crippen LogP contribution in [0.5, 0.6) is 0 Å². The molecule has 0 fully saturated rings. The molecule has 0 aliphatic rings. The van der Waals surface area contributed by atoms with Gasteiger partial charge >= 0.3 is 0 Å². The molecule has 0 spiro atoms. The first-order valence-corrected chi connectivity index (χ1v) is 6.18. The Labute approximate surface area is 111 Å². The number of nitrogens with zero attached hydrogens (tertiary/aromatic N) is 2. The van der Waals surface area contributed by atoms with Crippen molar-refractivity contribution in [3.05, 3.63) is 47.5 Å². The van der Waals surface area contributed by atoms with Crippen molar-refractivity contribution >= 4 is 21.8 Å². The summed E-state index contributed by atoms with van der Waals surface area (Å²) >= 11 is 0. The van der Waals surface area contributed by atoms with Gasteiger partial charge in [0.25, 0.3) is 0 Å². The van der Waals surface area contributed by atoms with Crippen LogP contribution < -0.4 is 0 Å². The molecule has 0 amide bonds. The Morgan fingerprint density at radius 1 is 0.947 bits per heavy atom. The topological polar surface area (TPSA) is 63.4 Å². The molecule has 1 heterocycles. The van der Waals surface area contributed by atoms with Crippen LogP contribution in [-0.4, -0.2) is 4.98 Å². The summed E-state index contributed by atoms with van der Waals surface area (Å²) in [6.45, 7) is 4.00. The summed E-state index contributed by atoms with van der Waals surface area (Å²) in [4.78, 5) is 3.22. The summed E-state index contributed by atoms with van der Waals surface area (Å²) in [6.07, 6.45) is 0. The highest BCUT2D eigenvalue weighted by Crippen LogP contribution is 2.28. The van der Waals surface area contributed by atoms with E-state index in [9.17, 15) is 0 Å². The zero-order valence-electron chi connectivity index (χ0n) is 10.9. The average Bonchev–Trinajstić information content (AvgIpc) is 2.87. The fourth-order valence-electron chi connectivity index (χ4n) is 2.10. The first kappa shape index (κ1) is 12.7. The molecule has 0 unspecified atom stereocenters. The van der Waals surface area contributed by atoms with E-state index in [4.69, 9.17) is 10.5 Å². The lowest BCUT2D eigenvalue weighted by molar-refractivity contribution is 1.45. The summed E-state index contributed by atoms with van der Waals surface area (Å²) < 4.78 is 0. The molecule has 3 aromatic rings. The summed E-state index contributed by atoms with van der Waals surface area (Å²) in [5.74, 6) is 0. The molecule has 0 aliphatic heterocycles. The van der Waals surface area contributed by atoms with E-state index in [2.05, 4.69) is 17.1 Å². The molecule has 0 saturated heterocycles. The SMILES string of the molecule is CC.N#Cc1cc(C#N)c2[nH]c3ccccc3c2c1. The second-order valence-electron chi connectivity index (χ2n) is 3.84. The summed E-state index contributed by atoms with van der Waals surface area (Å²) in [5, 5.41) is 20.0. The number of para-hydroxylation sites is 1. The molecule has 2 aromatic carbocycles. The van der Waals surface area contributed by atoms with Crippen molar-refractivity contribution in [3.63, 3.8) is 0 Å². The zero-order valence-corrected chi connectivity index (χ0v) is 10.9. The number of hydrogen-bond acceptors (Lipinski definition) is 2. The Morgan fingerprint density at radius 3 is 2.37 bits per heavy atom. The van der Waals surface area contributed by atoms with Gasteiger partial charge in [-0.2, -0.15) is 10.5 Å². The molecule has 3 nitrogen and oxygen atoms in total. The largest absolute Gasteiger partial charge is 0.353 e. The van der Waals surface area contributed by atoms with Gasteiger partial charge in [-0.1, -0.05) is 32.0 Å². The molecule has 0 saturated carbocycles. The number of nitrogens with one attached hydrogen (secondary N) is 1. The number of rotatable bonds is 0. The van der Waals surface area contributed by atoms with Gasteiger partial charge in [-0.3, -0.25) is 0 Å². The molecular weight excluding hydrogens is 234 g/mol. The summed E-state index contributed by atoms with van der Waals surface area (Å²) in [5.41, 5.74) is 2.80. The summed E-state index contributed by atoms with van der Waals surface area (Å²) in [6, 6.07) is 15.5. The number of benzene rings is 2. The Kier molecular flexibility index (Phi) is 3.50. The minimum absolute atomic E-state index is 0.509. The maximum atomic E-state index is 9.10. The molecule has 0 aliphatic carbocycles. The molecule has 1 N–H and O–H groups in total. The highest BCUT2D eigenvalue weighted by Gasteiger charge is 2.09. The lowest BCUT2D eigenvalue weighted by atomic mass is 10.1. The number of H-pyrrole nitrogens is 1. The van der Waals surface area contributed by atoms with E-state index in [0.29, 0.717) is 11.1 Å². The highest BCUT2D eigenvalue weighted by atomic mass is 14.7. The average molecular weight is 247 g/mol. The molecule has 0 bridgehead atoms. The summed E-state index contributed by atoms with van der Waals surface area (Å²) in [7, 11) is 0. The first-order valence-electron chi connectivity index (χ1n) is 6.18. The van der Waals surface area contributed by atoms with Crippen LogP contribution in [0.15, 0.2) is 36.4 Å². The molecule has 0 atom stereocenters. The van der Waals surface area contributed by atoms with Gasteiger partial charge in [0.05, 0.1) is 22.7 Å². The molecule has 3 heteroatoms. The van der Waals surface area contributed by atoms with Crippen molar-refractivity contribution in [2.45, 2.75) is 13.8 Å². The van der Waals surface area contributed by atoms with Crippen LogP contribution in [0.3, 0.4) is 0 Å². The smallest absolute Gasteiger partial charge is 0.101 e. The fourth-order valence-corrected chi connectivity index (χ4v) is 2.10. The zero-order chi connectivity index (χ0) is 13.8. The Balaban J connectivity index is 0.000000637. The normalized spacial score (nSPS) is 9.47. The number of fused-ring (bicyclic) bond motifs is 3. The van der Waals surface area contributed by atoms with Gasteiger partial charge < -0.3 is 4.98 Å². The van der Waals surface area contributed by atoms with E-state index in [1.807, 2.05) is 44.2 Å². The Bertz CT molecular complexity index is 813. The maximum absolute atomic E-state index is 9.10. The van der Waals surface area contributed by atoms with Crippen LogP contribution in [0.2, 0.25) is 0 Å². The molecule has 3 rings (SSSR count). The van der Waals surface area contributed by atoms with Gasteiger partial charge in [0.2, 0.25) is 0 Å². The third kappa shape index (κ3) is 2.03. The van der Waals surface area contributed by atoms with E-state index in [0.717, 1.165) is 21.8 Å². The second-order valence-corrected chi connectivity index (χ2v) is 3.84. The van der Waals surface area contributed by atoms with Gasteiger partial charge in [-0.15, -0.1) is 0 Å².